The molecule has 1 unspecified atom stereocenters. The van der Waals surface area contributed by atoms with Crippen molar-refractivity contribution in [2.24, 2.45) is 0 Å². The molecule has 0 saturated carbocycles. The average Bonchev–Trinajstić information content (AvgIpc) is 2.91. The number of hydrogen-bond acceptors (Lipinski definition) is 9. The molecule has 12 nitrogen and oxygen atoms in total. The first-order valence-corrected chi connectivity index (χ1v) is 15.7. The summed E-state index contributed by atoms with van der Waals surface area (Å²) in [5, 5.41) is 2.45. The molecule has 0 bridgehead atoms. The van der Waals surface area contributed by atoms with Crippen molar-refractivity contribution in [1.82, 2.24) is 9.71 Å². The van der Waals surface area contributed by atoms with Crippen LogP contribution < -0.4 is 19.1 Å². The van der Waals surface area contributed by atoms with E-state index >= 15 is 0 Å². The third-order valence-electron chi connectivity index (χ3n) is 5.89. The van der Waals surface area contributed by atoms with Gasteiger partial charge in [0.2, 0.25) is 5.91 Å². The minimum Gasteiger partial charge on any atom is -0.486 e. The Labute approximate surface area is 251 Å². The molecule has 1 aliphatic rings. The van der Waals surface area contributed by atoms with Crippen molar-refractivity contribution in [3.63, 3.8) is 0 Å². The Morgan fingerprint density at radius 2 is 1.73 bits per heavy atom. The van der Waals surface area contributed by atoms with Gasteiger partial charge in [0.25, 0.3) is 20.0 Å². The van der Waals surface area contributed by atoms with Crippen molar-refractivity contribution in [2.45, 2.75) is 54.9 Å². The number of anilines is 2. The molecule has 0 saturated heterocycles. The Morgan fingerprint density at radius 1 is 1.02 bits per heavy atom. The molecule has 0 spiro atoms. The molecule has 2 aromatic carbocycles. The molecule has 2 amide bonds. The minimum atomic E-state index is -4.83. The number of ether oxygens (including phenoxy) is 2. The molecule has 0 fully saturated rings. The predicted octanol–water partition coefficient (Wildman–Crippen LogP) is 4.30. The van der Waals surface area contributed by atoms with Crippen molar-refractivity contribution in [3.8, 4) is 5.75 Å². The average molecular weight is 657 g/mol. The Bertz CT molecular complexity index is 1780. The standard InChI is InChI=1S/C27H27F3N4O8S2/c1-26(2,3)42-25(36)32-18-9-10-23-22(13-18)34(44(39,40)20-7-4-6-17(12-20)27(28,29)30)16-19(41-23)14-24(35)33-43(37,38)21-8-5-11-31-15-21/h4-13,15,19H,14,16H2,1-3H3,(H,32,36)(H,33,35). The fourth-order valence-corrected chi connectivity index (χ4v) is 6.57. The maximum absolute atomic E-state index is 13.8. The lowest BCUT2D eigenvalue weighted by atomic mass is 10.1. The van der Waals surface area contributed by atoms with E-state index in [0.29, 0.717) is 12.1 Å². The second kappa shape index (κ2) is 12.0. The highest BCUT2D eigenvalue weighted by Gasteiger charge is 2.38. The quantitative estimate of drug-likeness (QED) is 0.378. The number of benzene rings is 2. The highest BCUT2D eigenvalue weighted by molar-refractivity contribution is 7.92. The van der Waals surface area contributed by atoms with E-state index in [1.807, 2.05) is 4.72 Å². The van der Waals surface area contributed by atoms with Gasteiger partial charge in [-0.25, -0.2) is 26.4 Å². The summed E-state index contributed by atoms with van der Waals surface area (Å²) in [4.78, 5) is 27.8. The minimum absolute atomic E-state index is 0.0737. The Kier molecular flexibility index (Phi) is 8.84. The number of amides is 2. The lowest BCUT2D eigenvalue weighted by Crippen LogP contribution is -2.46. The van der Waals surface area contributed by atoms with Crippen molar-refractivity contribution < 1.29 is 49.1 Å². The third-order valence-corrected chi connectivity index (χ3v) is 9.03. The van der Waals surface area contributed by atoms with Gasteiger partial charge in [0, 0.05) is 18.1 Å². The van der Waals surface area contributed by atoms with E-state index in [-0.39, 0.29) is 22.0 Å². The summed E-state index contributed by atoms with van der Waals surface area (Å²) in [7, 11) is -9.04. The normalized spacial score (nSPS) is 15.5. The van der Waals surface area contributed by atoms with Gasteiger partial charge in [0.1, 0.15) is 22.4 Å². The molecule has 3 aromatic rings. The summed E-state index contributed by atoms with van der Waals surface area (Å²) in [6.45, 7) is 4.31. The first-order chi connectivity index (χ1) is 20.3. The van der Waals surface area contributed by atoms with Gasteiger partial charge in [-0.2, -0.15) is 13.2 Å². The van der Waals surface area contributed by atoms with Crippen molar-refractivity contribution in [3.05, 3.63) is 72.6 Å². The van der Waals surface area contributed by atoms with E-state index in [9.17, 15) is 39.6 Å². The van der Waals surface area contributed by atoms with Crippen molar-refractivity contribution >= 4 is 43.4 Å². The monoisotopic (exact) mass is 656 g/mol. The van der Waals surface area contributed by atoms with Gasteiger partial charge in [-0.1, -0.05) is 6.07 Å². The first-order valence-electron chi connectivity index (χ1n) is 12.8. The number of carbonyl (C=O) groups excluding carboxylic acids is 2. The van der Waals surface area contributed by atoms with E-state index in [1.54, 1.807) is 20.8 Å². The zero-order valence-corrected chi connectivity index (χ0v) is 25.1. The maximum atomic E-state index is 13.8. The van der Waals surface area contributed by atoms with Gasteiger partial charge in [-0.05, 0) is 69.3 Å². The molecule has 1 atom stereocenters. The lowest BCUT2D eigenvalue weighted by molar-refractivity contribution is -0.137. The summed E-state index contributed by atoms with van der Waals surface area (Å²) in [5.74, 6) is -1.14. The van der Waals surface area contributed by atoms with Gasteiger partial charge in [-0.3, -0.25) is 19.4 Å². The maximum Gasteiger partial charge on any atom is 0.416 e. The second-order valence-electron chi connectivity index (χ2n) is 10.5. The lowest BCUT2D eigenvalue weighted by Gasteiger charge is -2.35. The van der Waals surface area contributed by atoms with Crippen LogP contribution in [0.15, 0.2) is 76.8 Å². The number of carbonyl (C=O) groups is 2. The van der Waals surface area contributed by atoms with Crippen LogP contribution in [0.1, 0.15) is 32.8 Å². The Balaban J connectivity index is 1.68. The summed E-state index contributed by atoms with van der Waals surface area (Å²) >= 11 is 0. The van der Waals surface area contributed by atoms with E-state index in [2.05, 4.69) is 10.3 Å². The number of rotatable bonds is 7. The molecule has 236 valence electrons. The molecule has 0 aliphatic carbocycles. The number of fused-ring (bicyclic) bond motifs is 1. The number of nitrogens with one attached hydrogen (secondary N) is 2. The number of halogens is 3. The summed E-state index contributed by atoms with van der Waals surface area (Å²) in [6, 6.07) is 9.51. The van der Waals surface area contributed by atoms with Crippen LogP contribution in [0.2, 0.25) is 0 Å². The van der Waals surface area contributed by atoms with Gasteiger partial charge in [-0.15, -0.1) is 0 Å². The van der Waals surface area contributed by atoms with Crippen LogP contribution in [-0.2, 0) is 35.8 Å². The molecule has 17 heteroatoms. The number of nitrogens with zero attached hydrogens (tertiary/aromatic N) is 2. The number of alkyl halides is 3. The molecule has 2 N–H and O–H groups in total. The molecule has 0 radical (unpaired) electrons. The van der Waals surface area contributed by atoms with Crippen molar-refractivity contribution in [1.29, 1.82) is 0 Å². The fourth-order valence-electron chi connectivity index (χ4n) is 4.07. The van der Waals surface area contributed by atoms with Crippen LogP contribution in [0.25, 0.3) is 0 Å². The van der Waals surface area contributed by atoms with E-state index in [4.69, 9.17) is 9.47 Å². The number of sulfonamides is 2. The Morgan fingerprint density at radius 3 is 2.36 bits per heavy atom. The number of pyridine rings is 1. The zero-order valence-electron chi connectivity index (χ0n) is 23.5. The van der Waals surface area contributed by atoms with Gasteiger partial charge < -0.3 is 9.47 Å². The van der Waals surface area contributed by atoms with Crippen molar-refractivity contribution in [2.75, 3.05) is 16.2 Å². The topological polar surface area (TPSA) is 161 Å². The highest BCUT2D eigenvalue weighted by atomic mass is 32.2. The molecular formula is C27H27F3N4O8S2. The second-order valence-corrected chi connectivity index (χ2v) is 14.1. The fraction of sp³-hybridized carbons (Fsp3) is 0.296. The molecule has 2 heterocycles. The van der Waals surface area contributed by atoms with Crippen LogP contribution in [-0.4, -0.2) is 52.1 Å². The van der Waals surface area contributed by atoms with Crippen LogP contribution in [0.3, 0.4) is 0 Å². The third kappa shape index (κ3) is 7.76. The van der Waals surface area contributed by atoms with E-state index in [1.165, 1.54) is 36.5 Å². The molecule has 1 aromatic heterocycles. The first kappa shape index (κ1) is 32.5. The number of aromatic nitrogens is 1. The Hall–Kier alpha value is -4.38. The largest absolute Gasteiger partial charge is 0.486 e. The van der Waals surface area contributed by atoms with Crippen LogP contribution >= 0.6 is 0 Å². The molecular weight excluding hydrogens is 629 g/mol. The van der Waals surface area contributed by atoms with Gasteiger partial charge in [0.05, 0.1) is 29.1 Å². The van der Waals surface area contributed by atoms with E-state index in [0.717, 1.165) is 22.6 Å². The van der Waals surface area contributed by atoms with Gasteiger partial charge >= 0.3 is 12.3 Å². The smallest absolute Gasteiger partial charge is 0.416 e. The number of hydrogen-bond donors (Lipinski definition) is 2. The SMILES string of the molecule is CC(C)(C)OC(=O)Nc1ccc2c(c1)N(S(=O)(=O)c1cccc(C(F)(F)F)c1)CC(CC(=O)NS(=O)(=O)c1cccnc1)O2. The molecule has 4 rings (SSSR count). The summed E-state index contributed by atoms with van der Waals surface area (Å²) in [5.41, 5.74) is -2.14. The van der Waals surface area contributed by atoms with Gasteiger partial charge in [0.15, 0.2) is 0 Å². The molecule has 44 heavy (non-hydrogen) atoms. The highest BCUT2D eigenvalue weighted by Crippen LogP contribution is 2.40. The zero-order chi connectivity index (χ0) is 32.5. The van der Waals surface area contributed by atoms with E-state index < -0.39 is 73.4 Å². The molecule has 1 aliphatic heterocycles. The van der Waals surface area contributed by atoms with Crippen LogP contribution in [0, 0.1) is 0 Å². The predicted molar refractivity (Wildman–Crippen MR) is 151 cm³/mol. The summed E-state index contributed by atoms with van der Waals surface area (Å²) in [6.07, 6.45) is -5.25. The summed E-state index contributed by atoms with van der Waals surface area (Å²) < 4.78 is 107. The van der Waals surface area contributed by atoms with Crippen LogP contribution in [0.5, 0.6) is 5.75 Å². The van der Waals surface area contributed by atoms with Crippen LogP contribution in [0.4, 0.5) is 29.3 Å².